The van der Waals surface area contributed by atoms with E-state index in [1.54, 1.807) is 12.1 Å². The number of hydrogen-bond donors (Lipinski definition) is 1. The fourth-order valence-corrected chi connectivity index (χ4v) is 1.13. The number of halogens is 1. The van der Waals surface area contributed by atoms with E-state index in [9.17, 15) is 4.39 Å². The molecule has 1 N–H and O–H groups in total. The molecule has 0 radical (unpaired) electrons. The van der Waals surface area contributed by atoms with Crippen molar-refractivity contribution in [1.82, 2.24) is 0 Å². The van der Waals surface area contributed by atoms with Gasteiger partial charge in [-0.15, -0.1) is 0 Å². The van der Waals surface area contributed by atoms with E-state index in [1.807, 2.05) is 13.0 Å². The molecule has 1 aromatic rings. The van der Waals surface area contributed by atoms with Crippen molar-refractivity contribution < 1.29 is 9.13 Å². The van der Waals surface area contributed by atoms with E-state index in [0.717, 1.165) is 0 Å². The van der Waals surface area contributed by atoms with Crippen molar-refractivity contribution in [2.75, 3.05) is 25.1 Å². The standard InChI is InChI=1S/C11H13FN2O/c1-2-15-6-5-14-11-4-3-9(8-13)7-10(11)12/h3-4,7,14H,2,5-6H2,1H3. The molecule has 0 amide bonds. The van der Waals surface area contributed by atoms with Crippen LogP contribution >= 0.6 is 0 Å². The Kier molecular flexibility index (Phi) is 4.58. The van der Waals surface area contributed by atoms with Crippen molar-refractivity contribution in [2.45, 2.75) is 6.92 Å². The average molecular weight is 208 g/mol. The molecule has 0 unspecified atom stereocenters. The summed E-state index contributed by atoms with van der Waals surface area (Å²) < 4.78 is 18.4. The monoisotopic (exact) mass is 208 g/mol. The predicted molar refractivity (Wildman–Crippen MR) is 56.1 cm³/mol. The molecule has 15 heavy (non-hydrogen) atoms. The largest absolute Gasteiger partial charge is 0.380 e. The molecular formula is C11H13FN2O. The maximum absolute atomic E-state index is 13.3. The van der Waals surface area contributed by atoms with E-state index < -0.39 is 5.82 Å². The number of nitriles is 1. The Labute approximate surface area is 88.5 Å². The molecule has 0 aliphatic rings. The highest BCUT2D eigenvalue weighted by Gasteiger charge is 2.01. The van der Waals surface area contributed by atoms with Crippen LogP contribution in [0.15, 0.2) is 18.2 Å². The van der Waals surface area contributed by atoms with E-state index in [2.05, 4.69) is 5.32 Å². The van der Waals surface area contributed by atoms with Crippen molar-refractivity contribution in [3.63, 3.8) is 0 Å². The van der Waals surface area contributed by atoms with Gasteiger partial charge in [0, 0.05) is 13.2 Å². The first-order chi connectivity index (χ1) is 7.27. The van der Waals surface area contributed by atoms with Gasteiger partial charge in [-0.2, -0.15) is 5.26 Å². The third kappa shape index (κ3) is 3.56. The van der Waals surface area contributed by atoms with Crippen molar-refractivity contribution >= 4 is 5.69 Å². The maximum atomic E-state index is 13.3. The number of rotatable bonds is 5. The summed E-state index contributed by atoms with van der Waals surface area (Å²) in [7, 11) is 0. The van der Waals surface area contributed by atoms with Crippen molar-refractivity contribution in [2.24, 2.45) is 0 Å². The lowest BCUT2D eigenvalue weighted by molar-refractivity contribution is 0.158. The lowest BCUT2D eigenvalue weighted by Gasteiger charge is -2.07. The quantitative estimate of drug-likeness (QED) is 0.754. The second kappa shape index (κ2) is 5.99. The van der Waals surface area contributed by atoms with E-state index in [1.165, 1.54) is 6.07 Å². The second-order valence-corrected chi connectivity index (χ2v) is 2.93. The Morgan fingerprint density at radius 3 is 2.93 bits per heavy atom. The number of nitrogens with one attached hydrogen (secondary N) is 1. The van der Waals surface area contributed by atoms with Gasteiger partial charge in [0.25, 0.3) is 0 Å². The zero-order chi connectivity index (χ0) is 11.1. The molecule has 0 saturated carbocycles. The third-order valence-electron chi connectivity index (χ3n) is 1.86. The molecule has 4 heteroatoms. The van der Waals surface area contributed by atoms with Crippen LogP contribution in [0.25, 0.3) is 0 Å². The Balaban J connectivity index is 2.52. The van der Waals surface area contributed by atoms with Crippen LogP contribution in [-0.4, -0.2) is 19.8 Å². The first-order valence-electron chi connectivity index (χ1n) is 4.79. The van der Waals surface area contributed by atoms with E-state index in [4.69, 9.17) is 10.00 Å². The van der Waals surface area contributed by atoms with Gasteiger partial charge in [0.15, 0.2) is 0 Å². The molecule has 0 atom stereocenters. The Morgan fingerprint density at radius 2 is 2.33 bits per heavy atom. The van der Waals surface area contributed by atoms with Gasteiger partial charge < -0.3 is 10.1 Å². The smallest absolute Gasteiger partial charge is 0.147 e. The molecule has 0 heterocycles. The first kappa shape index (κ1) is 11.5. The Bertz CT molecular complexity index is 360. The van der Waals surface area contributed by atoms with Gasteiger partial charge >= 0.3 is 0 Å². The molecule has 0 saturated heterocycles. The molecule has 0 fully saturated rings. The summed E-state index contributed by atoms with van der Waals surface area (Å²) in [5, 5.41) is 11.4. The zero-order valence-corrected chi connectivity index (χ0v) is 8.59. The predicted octanol–water partition coefficient (Wildman–Crippen LogP) is 2.15. The number of anilines is 1. The number of hydrogen-bond acceptors (Lipinski definition) is 3. The van der Waals surface area contributed by atoms with Crippen LogP contribution in [0, 0.1) is 17.1 Å². The summed E-state index contributed by atoms with van der Waals surface area (Å²) in [5.41, 5.74) is 0.719. The normalized spacial score (nSPS) is 9.67. The fraction of sp³-hybridized carbons (Fsp3) is 0.364. The average Bonchev–Trinajstić information content (AvgIpc) is 2.26. The minimum atomic E-state index is -0.412. The molecule has 1 aromatic carbocycles. The van der Waals surface area contributed by atoms with E-state index >= 15 is 0 Å². The summed E-state index contributed by atoms with van der Waals surface area (Å²) in [6, 6.07) is 6.22. The van der Waals surface area contributed by atoms with Gasteiger partial charge in [-0.1, -0.05) is 0 Å². The van der Waals surface area contributed by atoms with Crippen LogP contribution in [0.3, 0.4) is 0 Å². The van der Waals surface area contributed by atoms with Crippen LogP contribution in [0.5, 0.6) is 0 Å². The third-order valence-corrected chi connectivity index (χ3v) is 1.86. The summed E-state index contributed by atoms with van der Waals surface area (Å²) in [6.45, 7) is 3.65. The molecule has 1 rings (SSSR count). The molecule has 0 bridgehead atoms. The maximum Gasteiger partial charge on any atom is 0.147 e. The lowest BCUT2D eigenvalue weighted by Crippen LogP contribution is -2.10. The first-order valence-corrected chi connectivity index (χ1v) is 4.79. The molecule has 3 nitrogen and oxygen atoms in total. The number of nitrogens with zero attached hydrogens (tertiary/aromatic N) is 1. The Hall–Kier alpha value is -1.60. The second-order valence-electron chi connectivity index (χ2n) is 2.93. The molecule has 0 spiro atoms. The molecular weight excluding hydrogens is 195 g/mol. The van der Waals surface area contributed by atoms with Crippen LogP contribution in [0.4, 0.5) is 10.1 Å². The number of ether oxygens (including phenoxy) is 1. The van der Waals surface area contributed by atoms with Crippen molar-refractivity contribution in [3.8, 4) is 6.07 Å². The molecule has 0 aliphatic carbocycles. The van der Waals surface area contributed by atoms with Gasteiger partial charge in [0.2, 0.25) is 0 Å². The summed E-state index contributed by atoms with van der Waals surface area (Å²) in [6.07, 6.45) is 0. The van der Waals surface area contributed by atoms with E-state index in [-0.39, 0.29) is 0 Å². The molecule has 80 valence electrons. The van der Waals surface area contributed by atoms with Crippen molar-refractivity contribution in [3.05, 3.63) is 29.6 Å². The molecule has 0 aromatic heterocycles. The van der Waals surface area contributed by atoms with Crippen LogP contribution in [-0.2, 0) is 4.74 Å². The molecule has 0 aliphatic heterocycles. The summed E-state index contributed by atoms with van der Waals surface area (Å²) in [4.78, 5) is 0. The highest BCUT2D eigenvalue weighted by molar-refractivity contribution is 5.48. The highest BCUT2D eigenvalue weighted by atomic mass is 19.1. The Morgan fingerprint density at radius 1 is 1.53 bits per heavy atom. The van der Waals surface area contributed by atoms with Gasteiger partial charge in [-0.3, -0.25) is 0 Å². The minimum Gasteiger partial charge on any atom is -0.380 e. The number of benzene rings is 1. The lowest BCUT2D eigenvalue weighted by atomic mass is 10.2. The summed E-state index contributed by atoms with van der Waals surface area (Å²) in [5.74, 6) is -0.412. The van der Waals surface area contributed by atoms with Crippen molar-refractivity contribution in [1.29, 1.82) is 5.26 Å². The van der Waals surface area contributed by atoms with Crippen LogP contribution < -0.4 is 5.32 Å². The van der Waals surface area contributed by atoms with Gasteiger partial charge in [-0.05, 0) is 25.1 Å². The minimum absolute atomic E-state index is 0.322. The highest BCUT2D eigenvalue weighted by Crippen LogP contribution is 2.14. The van der Waals surface area contributed by atoms with Gasteiger partial charge in [0.1, 0.15) is 5.82 Å². The van der Waals surface area contributed by atoms with Gasteiger partial charge in [0.05, 0.1) is 23.9 Å². The topological polar surface area (TPSA) is 45.0 Å². The zero-order valence-electron chi connectivity index (χ0n) is 8.59. The van der Waals surface area contributed by atoms with Crippen LogP contribution in [0.2, 0.25) is 0 Å². The van der Waals surface area contributed by atoms with Crippen LogP contribution in [0.1, 0.15) is 12.5 Å². The summed E-state index contributed by atoms with van der Waals surface area (Å²) >= 11 is 0. The fourth-order valence-electron chi connectivity index (χ4n) is 1.13. The van der Waals surface area contributed by atoms with E-state index in [0.29, 0.717) is 31.0 Å². The van der Waals surface area contributed by atoms with Gasteiger partial charge in [-0.25, -0.2) is 4.39 Å². The SMILES string of the molecule is CCOCCNc1ccc(C#N)cc1F.